The second-order valence-corrected chi connectivity index (χ2v) is 5.37. The van der Waals surface area contributed by atoms with Gasteiger partial charge in [-0.05, 0) is 24.3 Å². The van der Waals surface area contributed by atoms with Crippen LogP contribution in [0.15, 0.2) is 66.9 Å². The smallest absolute Gasteiger partial charge is 0.167 e. The van der Waals surface area contributed by atoms with Gasteiger partial charge in [-0.2, -0.15) is 5.10 Å². The number of aromatic nitrogens is 3. The molecule has 6 nitrogen and oxygen atoms in total. The van der Waals surface area contributed by atoms with E-state index in [-0.39, 0.29) is 5.75 Å². The second-order valence-electron chi connectivity index (χ2n) is 5.37. The van der Waals surface area contributed by atoms with E-state index < -0.39 is 0 Å². The van der Waals surface area contributed by atoms with Gasteiger partial charge in [-0.3, -0.25) is 0 Å². The van der Waals surface area contributed by atoms with Crippen LogP contribution in [0, 0.1) is 0 Å². The van der Waals surface area contributed by atoms with Crippen LogP contribution in [0.4, 0.5) is 17.2 Å². The topological polar surface area (TPSA) is 89.0 Å². The number of hydrogen-bond acceptors (Lipinski definition) is 5. The summed E-state index contributed by atoms with van der Waals surface area (Å²) in [5.41, 5.74) is 8.83. The quantitative estimate of drug-likeness (QED) is 0.504. The zero-order valence-electron chi connectivity index (χ0n) is 12.7. The summed E-state index contributed by atoms with van der Waals surface area (Å²) >= 11 is 0. The first-order chi connectivity index (χ1) is 11.7. The summed E-state index contributed by atoms with van der Waals surface area (Å²) < 4.78 is 1.74. The van der Waals surface area contributed by atoms with E-state index in [2.05, 4.69) is 15.4 Å². The predicted molar refractivity (Wildman–Crippen MR) is 94.7 cm³/mol. The number of nitrogens with zero attached hydrogens (tertiary/aromatic N) is 3. The molecule has 4 rings (SSSR count). The Bertz CT molecular complexity index is 1010. The Kier molecular flexibility index (Phi) is 3.28. The van der Waals surface area contributed by atoms with Crippen LogP contribution in [0.5, 0.6) is 5.75 Å². The van der Waals surface area contributed by atoms with Crippen LogP contribution < -0.4 is 11.1 Å². The Morgan fingerprint density at radius 1 is 1.00 bits per heavy atom. The molecule has 0 fully saturated rings. The number of phenols is 1. The van der Waals surface area contributed by atoms with Gasteiger partial charge in [0.2, 0.25) is 0 Å². The summed E-state index contributed by atoms with van der Waals surface area (Å²) in [5.74, 6) is 0.689. The number of aromatic hydroxyl groups is 1. The Labute approximate surface area is 138 Å². The number of nitrogens with two attached hydrogens (primary N) is 1. The SMILES string of the molecule is Nc1cc(Nc2ccccc2O)nc2c1cnn2-c1ccccc1. The molecule has 0 radical (unpaired) electrons. The highest BCUT2D eigenvalue weighted by Gasteiger charge is 2.11. The van der Waals surface area contributed by atoms with Gasteiger partial charge < -0.3 is 16.2 Å². The van der Waals surface area contributed by atoms with Crippen LogP contribution in [0.1, 0.15) is 0 Å². The molecule has 0 aliphatic carbocycles. The molecule has 0 spiro atoms. The lowest BCUT2D eigenvalue weighted by atomic mass is 10.2. The maximum atomic E-state index is 9.91. The van der Waals surface area contributed by atoms with E-state index in [0.717, 1.165) is 11.1 Å². The Balaban J connectivity index is 1.83. The minimum absolute atomic E-state index is 0.148. The van der Waals surface area contributed by atoms with E-state index in [1.165, 1.54) is 0 Å². The summed E-state index contributed by atoms with van der Waals surface area (Å²) in [5, 5.41) is 18.2. The number of fused-ring (bicyclic) bond motifs is 1. The fourth-order valence-corrected chi connectivity index (χ4v) is 2.56. The molecule has 118 valence electrons. The third-order valence-corrected chi connectivity index (χ3v) is 3.74. The van der Waals surface area contributed by atoms with Gasteiger partial charge >= 0.3 is 0 Å². The molecule has 0 bridgehead atoms. The molecule has 0 unspecified atom stereocenters. The minimum Gasteiger partial charge on any atom is -0.506 e. The van der Waals surface area contributed by atoms with E-state index in [9.17, 15) is 5.11 Å². The van der Waals surface area contributed by atoms with Crippen LogP contribution >= 0.6 is 0 Å². The molecule has 0 atom stereocenters. The maximum absolute atomic E-state index is 9.91. The molecule has 6 heteroatoms. The van der Waals surface area contributed by atoms with Crippen molar-refractivity contribution in [1.82, 2.24) is 14.8 Å². The lowest BCUT2D eigenvalue weighted by Crippen LogP contribution is -2.01. The first-order valence-electron chi connectivity index (χ1n) is 7.47. The number of para-hydroxylation sites is 3. The average molecular weight is 317 g/mol. The maximum Gasteiger partial charge on any atom is 0.167 e. The molecule has 0 aliphatic rings. The van der Waals surface area contributed by atoms with Gasteiger partial charge in [-0.1, -0.05) is 30.3 Å². The molecule has 2 aromatic heterocycles. The monoisotopic (exact) mass is 317 g/mol. The Morgan fingerprint density at radius 2 is 1.75 bits per heavy atom. The van der Waals surface area contributed by atoms with E-state index in [1.54, 1.807) is 35.1 Å². The van der Waals surface area contributed by atoms with Crippen LogP contribution in [0.25, 0.3) is 16.7 Å². The second kappa shape index (κ2) is 5.58. The van der Waals surface area contributed by atoms with E-state index in [1.807, 2.05) is 36.4 Å². The fraction of sp³-hybridized carbons (Fsp3) is 0. The van der Waals surface area contributed by atoms with Crippen LogP contribution in [0.3, 0.4) is 0 Å². The molecular weight excluding hydrogens is 302 g/mol. The Hall–Kier alpha value is -3.54. The lowest BCUT2D eigenvalue weighted by Gasteiger charge is -2.09. The van der Waals surface area contributed by atoms with Crippen molar-refractivity contribution in [1.29, 1.82) is 0 Å². The fourth-order valence-electron chi connectivity index (χ4n) is 2.56. The van der Waals surface area contributed by atoms with Gasteiger partial charge in [0.1, 0.15) is 11.6 Å². The minimum atomic E-state index is 0.148. The summed E-state index contributed by atoms with van der Waals surface area (Å²) in [7, 11) is 0. The van der Waals surface area contributed by atoms with Gasteiger partial charge in [0.05, 0.1) is 23.0 Å². The molecular formula is C18H15N5O. The first-order valence-corrected chi connectivity index (χ1v) is 7.47. The van der Waals surface area contributed by atoms with Crippen molar-refractivity contribution in [3.05, 3.63) is 66.9 Å². The number of nitrogens with one attached hydrogen (secondary N) is 1. The number of anilines is 3. The van der Waals surface area contributed by atoms with E-state index >= 15 is 0 Å². The van der Waals surface area contributed by atoms with Crippen LogP contribution in [0.2, 0.25) is 0 Å². The number of rotatable bonds is 3. The molecule has 0 aliphatic heterocycles. The van der Waals surface area contributed by atoms with Crippen molar-refractivity contribution >= 4 is 28.2 Å². The standard InChI is InChI=1S/C18H15N5O/c19-14-10-17(21-15-8-4-5-9-16(15)24)22-18-13(14)11-20-23(18)12-6-2-1-3-7-12/h1-11,24H,(H3,19,21,22). The third kappa shape index (κ3) is 2.40. The normalized spacial score (nSPS) is 10.8. The van der Waals surface area contributed by atoms with Crippen molar-refractivity contribution < 1.29 is 5.11 Å². The summed E-state index contributed by atoms with van der Waals surface area (Å²) in [6.07, 6.45) is 1.70. The van der Waals surface area contributed by atoms with Gasteiger partial charge in [0, 0.05) is 11.8 Å². The van der Waals surface area contributed by atoms with E-state index in [0.29, 0.717) is 22.8 Å². The zero-order chi connectivity index (χ0) is 16.5. The van der Waals surface area contributed by atoms with Crippen molar-refractivity contribution in [2.75, 3.05) is 11.1 Å². The largest absolute Gasteiger partial charge is 0.506 e. The first kappa shape index (κ1) is 14.1. The summed E-state index contributed by atoms with van der Waals surface area (Å²) in [6.45, 7) is 0. The zero-order valence-corrected chi connectivity index (χ0v) is 12.7. The molecule has 0 amide bonds. The highest BCUT2D eigenvalue weighted by Crippen LogP contribution is 2.29. The van der Waals surface area contributed by atoms with Crippen LogP contribution in [-0.2, 0) is 0 Å². The molecule has 2 heterocycles. The molecule has 24 heavy (non-hydrogen) atoms. The van der Waals surface area contributed by atoms with Crippen molar-refractivity contribution in [2.45, 2.75) is 0 Å². The van der Waals surface area contributed by atoms with Crippen molar-refractivity contribution in [3.63, 3.8) is 0 Å². The molecule has 0 saturated carbocycles. The Morgan fingerprint density at radius 3 is 2.54 bits per heavy atom. The predicted octanol–water partition coefficient (Wildman–Crippen LogP) is 3.45. The summed E-state index contributed by atoms with van der Waals surface area (Å²) in [6, 6.07) is 18.4. The highest BCUT2D eigenvalue weighted by molar-refractivity contribution is 5.90. The molecule has 0 saturated heterocycles. The van der Waals surface area contributed by atoms with Gasteiger partial charge in [0.15, 0.2) is 5.65 Å². The van der Waals surface area contributed by atoms with Gasteiger partial charge in [-0.15, -0.1) is 0 Å². The van der Waals surface area contributed by atoms with Gasteiger partial charge in [0.25, 0.3) is 0 Å². The number of hydrogen-bond donors (Lipinski definition) is 3. The van der Waals surface area contributed by atoms with Crippen LogP contribution in [-0.4, -0.2) is 19.9 Å². The summed E-state index contributed by atoms with van der Waals surface area (Å²) in [4.78, 5) is 4.61. The molecule has 4 N–H and O–H groups in total. The number of nitrogen functional groups attached to an aromatic ring is 1. The van der Waals surface area contributed by atoms with Crippen molar-refractivity contribution in [2.24, 2.45) is 0 Å². The third-order valence-electron chi connectivity index (χ3n) is 3.74. The van der Waals surface area contributed by atoms with E-state index in [4.69, 9.17) is 5.73 Å². The average Bonchev–Trinajstić information content (AvgIpc) is 3.02. The number of benzene rings is 2. The molecule has 4 aromatic rings. The highest BCUT2D eigenvalue weighted by atomic mass is 16.3. The number of phenolic OH excluding ortho intramolecular Hbond substituents is 1. The van der Waals surface area contributed by atoms with Crippen molar-refractivity contribution in [3.8, 4) is 11.4 Å². The molecule has 2 aromatic carbocycles. The van der Waals surface area contributed by atoms with Gasteiger partial charge in [-0.25, -0.2) is 9.67 Å². The number of pyridine rings is 1. The lowest BCUT2D eigenvalue weighted by molar-refractivity contribution is 0.477.